The van der Waals surface area contributed by atoms with Crippen molar-refractivity contribution >= 4 is 51.3 Å². The first-order chi connectivity index (χ1) is 19.5. The molecule has 9 rings (SSSR count). The number of amides is 1. The monoisotopic (exact) mass is 539 g/mol. The van der Waals surface area contributed by atoms with Gasteiger partial charge in [-0.25, -0.2) is 9.69 Å². The molecule has 0 radical (unpaired) electrons. The van der Waals surface area contributed by atoms with Crippen LogP contribution in [0.15, 0.2) is 60.7 Å². The molecule has 0 saturated heterocycles. The Morgan fingerprint density at radius 1 is 0.756 bits per heavy atom. The highest BCUT2D eigenvalue weighted by atomic mass is 16.6. The molecule has 2 bridgehead atoms. The molecular weight excluding hydrogens is 501 g/mol. The number of hydrogen-bond donors (Lipinski definition) is 0. The molecule has 206 valence electrons. The van der Waals surface area contributed by atoms with Crippen LogP contribution in [0.5, 0.6) is 5.75 Å². The van der Waals surface area contributed by atoms with E-state index in [0.717, 1.165) is 22.1 Å². The number of fused-ring (bicyclic) bond motifs is 4. The summed E-state index contributed by atoms with van der Waals surface area (Å²) in [6.45, 7) is 13.9. The van der Waals surface area contributed by atoms with E-state index in [1.165, 1.54) is 64.3 Å². The Balaban J connectivity index is 1.48. The number of nitrogens with zero attached hydrogens (tertiary/aromatic N) is 1. The van der Waals surface area contributed by atoms with Gasteiger partial charge in [-0.05, 0) is 99.0 Å². The van der Waals surface area contributed by atoms with Gasteiger partial charge in [0.1, 0.15) is 5.75 Å². The predicted octanol–water partition coefficient (Wildman–Crippen LogP) is 7.67. The van der Waals surface area contributed by atoms with Crippen LogP contribution in [-0.2, 0) is 10.8 Å². The van der Waals surface area contributed by atoms with E-state index in [1.54, 1.807) is 0 Å². The fraction of sp³-hybridized carbons (Fsp3) is 0.378. The minimum absolute atomic E-state index is 0.0170. The van der Waals surface area contributed by atoms with Crippen molar-refractivity contribution in [3.05, 3.63) is 82.9 Å². The molecule has 2 heterocycles. The van der Waals surface area contributed by atoms with Crippen LogP contribution in [0.25, 0.3) is 10.8 Å². The predicted molar refractivity (Wildman–Crippen MR) is 171 cm³/mol. The van der Waals surface area contributed by atoms with Crippen molar-refractivity contribution in [3.8, 4) is 5.75 Å². The molecule has 1 saturated carbocycles. The van der Waals surface area contributed by atoms with Crippen LogP contribution in [0.2, 0.25) is 0 Å². The zero-order chi connectivity index (χ0) is 28.4. The number of carbonyl (C=O) groups is 1. The second-order valence-corrected chi connectivity index (χ2v) is 14.9. The Morgan fingerprint density at radius 3 is 2.02 bits per heavy atom. The molecule has 0 N–H and O–H groups in total. The molecule has 41 heavy (non-hydrogen) atoms. The second-order valence-electron chi connectivity index (χ2n) is 14.9. The first kappa shape index (κ1) is 25.2. The van der Waals surface area contributed by atoms with Crippen LogP contribution in [0.4, 0.5) is 16.2 Å². The SMILES string of the molecule is CC(C)(C)c1cc(B2c3cc4c(cc3N3C(=O)Oc5cccc6ccc2c3c56)C2CCC4CC2)cc(C(C)(C)C)c1. The van der Waals surface area contributed by atoms with E-state index in [9.17, 15) is 4.79 Å². The minimum atomic E-state index is -0.295. The lowest BCUT2D eigenvalue weighted by Crippen LogP contribution is -2.60. The summed E-state index contributed by atoms with van der Waals surface area (Å²) in [4.78, 5) is 15.7. The second kappa shape index (κ2) is 8.28. The Bertz CT molecular complexity index is 1750. The molecule has 5 aliphatic rings. The summed E-state index contributed by atoms with van der Waals surface area (Å²) >= 11 is 0. The van der Waals surface area contributed by atoms with Crippen molar-refractivity contribution in [2.75, 3.05) is 4.90 Å². The molecule has 0 aromatic heterocycles. The first-order valence-electron chi connectivity index (χ1n) is 15.4. The summed E-state index contributed by atoms with van der Waals surface area (Å²) in [6, 6.07) is 22.7. The molecule has 3 nitrogen and oxygen atoms in total. The summed E-state index contributed by atoms with van der Waals surface area (Å²) in [5.74, 6) is 1.89. The van der Waals surface area contributed by atoms with Crippen LogP contribution < -0.4 is 26.0 Å². The first-order valence-corrected chi connectivity index (χ1v) is 15.4. The van der Waals surface area contributed by atoms with Gasteiger partial charge in [-0.1, -0.05) is 95.5 Å². The van der Waals surface area contributed by atoms with Crippen molar-refractivity contribution in [1.29, 1.82) is 0 Å². The zero-order valence-corrected chi connectivity index (χ0v) is 25.1. The molecule has 0 unspecified atom stereocenters. The van der Waals surface area contributed by atoms with Crippen molar-refractivity contribution in [3.63, 3.8) is 0 Å². The summed E-state index contributed by atoms with van der Waals surface area (Å²) in [5, 5.41) is 2.15. The topological polar surface area (TPSA) is 29.5 Å². The maximum absolute atomic E-state index is 13.8. The maximum atomic E-state index is 13.8. The molecule has 0 atom stereocenters. The van der Waals surface area contributed by atoms with Crippen molar-refractivity contribution < 1.29 is 9.53 Å². The third kappa shape index (κ3) is 3.62. The number of benzene rings is 4. The molecule has 1 amide bonds. The van der Waals surface area contributed by atoms with Gasteiger partial charge in [-0.15, -0.1) is 0 Å². The third-order valence-corrected chi connectivity index (χ3v) is 10.3. The average molecular weight is 540 g/mol. The Labute approximate surface area is 244 Å². The van der Waals surface area contributed by atoms with Gasteiger partial charge in [0.15, 0.2) is 0 Å². The Hall–Kier alpha value is -3.53. The van der Waals surface area contributed by atoms with Crippen molar-refractivity contribution in [2.45, 2.75) is 89.9 Å². The number of ether oxygens (including phenoxy) is 1. The van der Waals surface area contributed by atoms with E-state index < -0.39 is 0 Å². The summed E-state index contributed by atoms with van der Waals surface area (Å²) in [6.07, 6.45) is 4.79. The van der Waals surface area contributed by atoms with Gasteiger partial charge >= 0.3 is 6.09 Å². The van der Waals surface area contributed by atoms with E-state index in [4.69, 9.17) is 4.74 Å². The van der Waals surface area contributed by atoms with E-state index >= 15 is 0 Å². The lowest BCUT2D eigenvalue weighted by atomic mass is 9.34. The van der Waals surface area contributed by atoms with Gasteiger partial charge in [0.25, 0.3) is 0 Å². The summed E-state index contributed by atoms with van der Waals surface area (Å²) in [5.41, 5.74) is 11.5. The van der Waals surface area contributed by atoms with E-state index in [2.05, 4.69) is 90.1 Å². The zero-order valence-electron chi connectivity index (χ0n) is 25.1. The van der Waals surface area contributed by atoms with Gasteiger partial charge in [-0.3, -0.25) is 0 Å². The number of rotatable bonds is 1. The maximum Gasteiger partial charge on any atom is 0.424 e. The van der Waals surface area contributed by atoms with Crippen molar-refractivity contribution in [2.24, 2.45) is 0 Å². The van der Waals surface area contributed by atoms with Crippen LogP contribution in [0.1, 0.15) is 101 Å². The average Bonchev–Trinajstić information content (AvgIpc) is 2.94. The third-order valence-electron chi connectivity index (χ3n) is 10.3. The highest BCUT2D eigenvalue weighted by molar-refractivity contribution is 6.98. The van der Waals surface area contributed by atoms with E-state index in [0.29, 0.717) is 17.6 Å². The van der Waals surface area contributed by atoms with Crippen LogP contribution in [0.3, 0.4) is 0 Å². The highest BCUT2D eigenvalue weighted by Gasteiger charge is 2.44. The quantitative estimate of drug-likeness (QED) is 0.232. The molecular formula is C37H38BNO2. The molecule has 2 aliphatic heterocycles. The van der Waals surface area contributed by atoms with Gasteiger partial charge in [0.2, 0.25) is 6.71 Å². The van der Waals surface area contributed by atoms with Crippen molar-refractivity contribution in [1.82, 2.24) is 0 Å². The number of carbonyl (C=O) groups excluding carboxylic acids is 1. The van der Waals surface area contributed by atoms with Gasteiger partial charge < -0.3 is 4.74 Å². The normalized spacial score (nSPS) is 20.7. The molecule has 4 aromatic carbocycles. The summed E-state index contributed by atoms with van der Waals surface area (Å²) < 4.78 is 6.01. The van der Waals surface area contributed by atoms with E-state index in [-0.39, 0.29) is 23.6 Å². The molecule has 3 aliphatic carbocycles. The van der Waals surface area contributed by atoms with Gasteiger partial charge in [0.05, 0.1) is 5.69 Å². The Kier molecular flexibility index (Phi) is 5.09. The minimum Gasteiger partial charge on any atom is -0.409 e. The fourth-order valence-electron chi connectivity index (χ4n) is 8.05. The highest BCUT2D eigenvalue weighted by Crippen LogP contribution is 2.51. The molecule has 4 heteroatoms. The number of anilines is 2. The molecule has 0 spiro atoms. The van der Waals surface area contributed by atoms with E-state index in [1.807, 2.05) is 17.0 Å². The molecule has 4 aromatic rings. The van der Waals surface area contributed by atoms with Gasteiger partial charge in [0, 0.05) is 11.1 Å². The van der Waals surface area contributed by atoms with Crippen LogP contribution in [-0.4, -0.2) is 12.8 Å². The van der Waals surface area contributed by atoms with Crippen LogP contribution >= 0.6 is 0 Å². The smallest absolute Gasteiger partial charge is 0.409 e. The standard InChI is InChI=1S/C37H38BNO2/c1-36(2,3)24-16-25(37(4,5)6)18-26(17-24)38-29-15-14-23-8-7-9-32-33(23)34(29)39(35(40)41-32)31-20-28-22-12-10-21(11-13-22)27(28)19-30(31)38/h7-9,14-22H,10-13H2,1-6H3. The van der Waals surface area contributed by atoms with Gasteiger partial charge in [-0.2, -0.15) is 0 Å². The lowest BCUT2D eigenvalue weighted by molar-refractivity contribution is 0.210. The number of hydrogen-bond acceptors (Lipinski definition) is 2. The molecule has 1 fully saturated rings. The largest absolute Gasteiger partial charge is 0.424 e. The Morgan fingerprint density at radius 2 is 1.39 bits per heavy atom. The van der Waals surface area contributed by atoms with Crippen LogP contribution in [0, 0.1) is 0 Å². The lowest BCUT2D eigenvalue weighted by Gasteiger charge is -2.43. The fourth-order valence-corrected chi connectivity index (χ4v) is 8.05. The summed E-state index contributed by atoms with van der Waals surface area (Å²) in [7, 11) is 0.